The fraction of sp³-hybridized carbons (Fsp3) is 0.675. The molecular weight excluding hydrogens is 825 g/mol. The molecule has 1 aromatic carbocycles. The van der Waals surface area contributed by atoms with E-state index in [9.17, 15) is 38.7 Å². The van der Waals surface area contributed by atoms with Gasteiger partial charge in [-0.15, -0.1) is 0 Å². The van der Waals surface area contributed by atoms with Gasteiger partial charge in [-0.25, -0.2) is 0 Å². The number of aromatic hydroxyl groups is 1. The normalized spacial score (nSPS) is 20.8. The van der Waals surface area contributed by atoms with E-state index in [1.807, 2.05) is 0 Å². The molecule has 348 valence electrons. The quantitative estimate of drug-likeness (QED) is 0.0377. The van der Waals surface area contributed by atoms with Gasteiger partial charge < -0.3 is 63.8 Å². The number of carboxylic acids is 1. The SMILES string of the molecule is NC(=O)[C@H](CS)NC(=O)CCCCCNC(=O)[C@H](Cc1ccc(O)cc1)NC(=O)CCCC(=O)N[C@]12CNCCNC[C@](NC(=O)CCCC(=O)O)(CNCCNC1)NCCN2. The van der Waals surface area contributed by atoms with Gasteiger partial charge in [-0.1, -0.05) is 18.6 Å². The molecule has 0 saturated carbocycles. The number of unbranched alkanes of at least 4 members (excludes halogenated alkanes) is 2. The number of carboxylic acid groups (broad SMARTS) is 1. The lowest BCUT2D eigenvalue weighted by atomic mass is 10.0. The van der Waals surface area contributed by atoms with Gasteiger partial charge in [0.05, 0.1) is 0 Å². The molecule has 0 aromatic heterocycles. The topological polar surface area (TPSA) is 318 Å². The maximum atomic E-state index is 13.5. The fourth-order valence-electron chi connectivity index (χ4n) is 7.01. The summed E-state index contributed by atoms with van der Waals surface area (Å²) in [5, 5.41) is 53.8. The number of phenolic OH excluding ortho intramolecular Hbond substituents is 1. The highest BCUT2D eigenvalue weighted by Crippen LogP contribution is 2.13. The van der Waals surface area contributed by atoms with E-state index in [1.165, 1.54) is 12.1 Å². The molecule has 2 bridgehead atoms. The van der Waals surface area contributed by atoms with Crippen molar-refractivity contribution in [1.29, 1.82) is 0 Å². The van der Waals surface area contributed by atoms with Crippen LogP contribution in [-0.2, 0) is 40.0 Å². The molecule has 0 radical (unpaired) electrons. The molecule has 2 atom stereocenters. The Bertz CT molecular complexity index is 1590. The molecule has 3 rings (SSSR count). The first-order valence-electron chi connectivity index (χ1n) is 21.4. The molecule has 6 amide bonds. The Kier molecular flexibility index (Phi) is 23.5. The van der Waals surface area contributed by atoms with Crippen molar-refractivity contribution >= 4 is 54.0 Å². The van der Waals surface area contributed by atoms with E-state index in [1.54, 1.807) is 12.1 Å². The summed E-state index contributed by atoms with van der Waals surface area (Å²) in [6.45, 7) is 5.01. The third-order valence-electron chi connectivity index (χ3n) is 10.3. The highest BCUT2D eigenvalue weighted by atomic mass is 32.1. The second-order valence-corrected chi connectivity index (χ2v) is 16.1. The molecule has 15 N–H and O–H groups in total. The number of benzene rings is 1. The minimum atomic E-state index is -0.953. The van der Waals surface area contributed by atoms with E-state index in [0.29, 0.717) is 91.3 Å². The number of thiol groups is 1. The average molecular weight is 893 g/mol. The summed E-state index contributed by atoms with van der Waals surface area (Å²) in [6.07, 6.45) is 2.53. The molecule has 2 fully saturated rings. The minimum absolute atomic E-state index is 0.0129. The molecule has 0 spiro atoms. The first-order valence-corrected chi connectivity index (χ1v) is 22.1. The number of rotatable bonds is 23. The van der Waals surface area contributed by atoms with Crippen molar-refractivity contribution in [1.82, 2.24) is 58.5 Å². The van der Waals surface area contributed by atoms with Gasteiger partial charge in [-0.2, -0.15) is 12.6 Å². The van der Waals surface area contributed by atoms with Crippen LogP contribution >= 0.6 is 12.6 Å². The highest BCUT2D eigenvalue weighted by molar-refractivity contribution is 7.80. The number of nitrogens with two attached hydrogens (primary N) is 1. The van der Waals surface area contributed by atoms with Crippen LogP contribution in [0.4, 0.5) is 0 Å². The van der Waals surface area contributed by atoms with E-state index in [0.717, 1.165) is 5.56 Å². The molecule has 1 aromatic rings. The van der Waals surface area contributed by atoms with Crippen LogP contribution in [0, 0.1) is 0 Å². The summed E-state index contributed by atoms with van der Waals surface area (Å²) in [4.78, 5) is 87.4. The van der Waals surface area contributed by atoms with Crippen LogP contribution in [0.15, 0.2) is 24.3 Å². The number of hydrogen-bond donors (Lipinski definition) is 15. The van der Waals surface area contributed by atoms with E-state index in [-0.39, 0.29) is 80.6 Å². The third-order valence-corrected chi connectivity index (χ3v) is 10.7. The van der Waals surface area contributed by atoms with E-state index < -0.39 is 47.1 Å². The second-order valence-electron chi connectivity index (χ2n) is 15.7. The monoisotopic (exact) mass is 892 g/mol. The Morgan fingerprint density at radius 1 is 0.629 bits per heavy atom. The van der Waals surface area contributed by atoms with E-state index >= 15 is 0 Å². The van der Waals surface area contributed by atoms with Gasteiger partial charge in [0.2, 0.25) is 35.4 Å². The summed E-state index contributed by atoms with van der Waals surface area (Å²) < 4.78 is 0. The smallest absolute Gasteiger partial charge is 0.303 e. The van der Waals surface area contributed by atoms with E-state index in [4.69, 9.17) is 10.8 Å². The molecule has 2 saturated heterocycles. The Morgan fingerprint density at radius 3 is 1.58 bits per heavy atom. The van der Waals surface area contributed by atoms with Crippen LogP contribution in [0.5, 0.6) is 5.75 Å². The minimum Gasteiger partial charge on any atom is -0.508 e. The number of carbonyl (C=O) groups excluding carboxylic acids is 6. The Morgan fingerprint density at radius 2 is 1.10 bits per heavy atom. The number of hydrogen-bond acceptors (Lipinski definition) is 15. The van der Waals surface area contributed by atoms with Crippen molar-refractivity contribution in [3.8, 4) is 5.75 Å². The van der Waals surface area contributed by atoms with Crippen LogP contribution in [-0.4, -0.2) is 153 Å². The molecular formula is C40H68N12O9S. The standard InChI is InChI=1S/C40H68N12O9S/c41-37(60)31(23-62)50-32(54)6-2-1-3-15-46-38(61)30(22-28-11-13-29(53)14-12-28)49-33(55)7-4-8-34(56)51-39-24-42-16-18-44-26-40(48-21-20-47-39,27-45-19-17-43-25-39)52-35(57)9-5-10-36(58)59/h11-14,30-31,42-45,47-48,53,62H,1-10,15-27H2,(H2,41,60)(H,46,61)(H,49,55)(H,50,54)(H,51,56)(H,52,57)(H,58,59)/t30-,31-,39-,40+/m0/s1. The van der Waals surface area contributed by atoms with Crippen molar-refractivity contribution in [3.63, 3.8) is 0 Å². The summed E-state index contributed by atoms with van der Waals surface area (Å²) in [5.41, 5.74) is 4.21. The first-order chi connectivity index (χ1) is 29.7. The number of primary amides is 1. The predicted molar refractivity (Wildman–Crippen MR) is 235 cm³/mol. The highest BCUT2D eigenvalue weighted by Gasteiger charge is 2.35. The lowest BCUT2D eigenvalue weighted by Crippen LogP contribution is -2.73. The molecule has 0 unspecified atom stereocenters. The van der Waals surface area contributed by atoms with Crippen molar-refractivity contribution in [2.75, 3.05) is 77.7 Å². The van der Waals surface area contributed by atoms with Gasteiger partial charge in [0, 0.05) is 116 Å². The van der Waals surface area contributed by atoms with Gasteiger partial charge in [-0.05, 0) is 43.4 Å². The second kappa shape index (κ2) is 28.2. The fourth-order valence-corrected chi connectivity index (χ4v) is 7.28. The van der Waals surface area contributed by atoms with Crippen molar-refractivity contribution in [3.05, 3.63) is 29.8 Å². The molecule has 22 heteroatoms. The number of fused-ring (bicyclic) bond motifs is 5. The largest absolute Gasteiger partial charge is 0.508 e. The van der Waals surface area contributed by atoms with Crippen LogP contribution in [0.1, 0.15) is 69.8 Å². The van der Waals surface area contributed by atoms with Gasteiger partial charge in [-0.3, -0.25) is 44.2 Å². The zero-order valence-electron chi connectivity index (χ0n) is 35.5. The first kappa shape index (κ1) is 51.8. The maximum Gasteiger partial charge on any atom is 0.303 e. The molecule has 2 aliphatic rings. The zero-order chi connectivity index (χ0) is 45.2. The summed E-state index contributed by atoms with van der Waals surface area (Å²) >= 11 is 4.02. The molecule has 62 heavy (non-hydrogen) atoms. The Labute approximate surface area is 368 Å². The van der Waals surface area contributed by atoms with Crippen LogP contribution < -0.4 is 64.2 Å². The lowest BCUT2D eigenvalue weighted by Gasteiger charge is -2.41. The Balaban J connectivity index is 1.54. The summed E-state index contributed by atoms with van der Waals surface area (Å²) in [5.74, 6) is -3.09. The molecule has 2 heterocycles. The summed E-state index contributed by atoms with van der Waals surface area (Å²) in [6, 6.07) is 4.57. The van der Waals surface area contributed by atoms with Gasteiger partial charge in [0.25, 0.3) is 0 Å². The van der Waals surface area contributed by atoms with Gasteiger partial charge >= 0.3 is 5.97 Å². The average Bonchev–Trinajstić information content (AvgIpc) is 3.21. The molecule has 2 aliphatic heterocycles. The van der Waals surface area contributed by atoms with Crippen LogP contribution in [0.3, 0.4) is 0 Å². The lowest BCUT2D eigenvalue weighted by molar-refractivity contribution is -0.137. The molecule has 0 aliphatic carbocycles. The summed E-state index contributed by atoms with van der Waals surface area (Å²) in [7, 11) is 0. The van der Waals surface area contributed by atoms with Gasteiger partial charge in [0.15, 0.2) is 0 Å². The van der Waals surface area contributed by atoms with Crippen LogP contribution in [0.25, 0.3) is 0 Å². The van der Waals surface area contributed by atoms with Crippen molar-refractivity contribution in [2.45, 2.75) is 94.0 Å². The van der Waals surface area contributed by atoms with Gasteiger partial charge in [0.1, 0.15) is 29.2 Å². The number of carbonyl (C=O) groups is 7. The number of amides is 6. The number of aliphatic carboxylic acids is 1. The molecule has 21 nitrogen and oxygen atoms in total. The van der Waals surface area contributed by atoms with E-state index in [2.05, 4.69) is 71.1 Å². The zero-order valence-corrected chi connectivity index (χ0v) is 36.4. The van der Waals surface area contributed by atoms with Crippen molar-refractivity contribution < 1.29 is 43.8 Å². The number of phenols is 1. The maximum absolute atomic E-state index is 13.5. The van der Waals surface area contributed by atoms with Crippen LogP contribution in [0.2, 0.25) is 0 Å². The number of nitrogens with one attached hydrogen (secondary N) is 11. The van der Waals surface area contributed by atoms with Crippen molar-refractivity contribution in [2.24, 2.45) is 5.73 Å². The third kappa shape index (κ3) is 20.5. The predicted octanol–water partition coefficient (Wildman–Crippen LogP) is -3.39. The Hall–Kier alpha value is -4.58.